The van der Waals surface area contributed by atoms with Crippen LogP contribution in [0.5, 0.6) is 0 Å². The zero-order chi connectivity index (χ0) is 9.98. The normalized spacial score (nSPS) is 11.3. The molecule has 0 rings (SSSR count). The van der Waals surface area contributed by atoms with Crippen LogP contribution in [0, 0.1) is 11.8 Å². The molecule has 0 aliphatic rings. The van der Waals surface area contributed by atoms with E-state index in [1.54, 1.807) is 0 Å². The fraction of sp³-hybridized carbons (Fsp3) is 0.667. The first-order chi connectivity index (χ1) is 5.63. The first-order valence-corrected chi connectivity index (χ1v) is 4.98. The summed E-state index contributed by atoms with van der Waals surface area (Å²) in [6.45, 7) is 12.7. The largest absolute Gasteiger partial charge is 0.0820 e. The van der Waals surface area contributed by atoms with Gasteiger partial charge in [0.2, 0.25) is 0 Å². The van der Waals surface area contributed by atoms with Crippen LogP contribution >= 0.6 is 0 Å². The van der Waals surface area contributed by atoms with Crippen LogP contribution in [0.1, 0.15) is 41.5 Å². The molecule has 0 saturated carbocycles. The number of hydrogen-bond acceptors (Lipinski definition) is 0. The molecule has 0 N–H and O–H groups in total. The topological polar surface area (TPSA) is 0 Å². The third-order valence-electron chi connectivity index (χ3n) is 1.10. The van der Waals surface area contributed by atoms with Crippen molar-refractivity contribution in [3.63, 3.8) is 0 Å². The fourth-order valence-corrected chi connectivity index (χ4v) is 0.573. The maximum atomic E-state index is 2.19. The fourth-order valence-electron chi connectivity index (χ4n) is 0.573. The quantitative estimate of drug-likeness (QED) is 0.547. The Morgan fingerprint density at radius 3 is 1.08 bits per heavy atom. The Morgan fingerprint density at radius 1 is 0.667 bits per heavy atom. The molecular weight excluding hydrogens is 144 g/mol. The van der Waals surface area contributed by atoms with Gasteiger partial charge in [-0.05, 0) is 11.8 Å². The molecule has 0 aliphatic heterocycles. The van der Waals surface area contributed by atoms with Gasteiger partial charge >= 0.3 is 0 Å². The van der Waals surface area contributed by atoms with E-state index in [4.69, 9.17) is 0 Å². The van der Waals surface area contributed by atoms with E-state index in [1.807, 2.05) is 13.8 Å². The van der Waals surface area contributed by atoms with E-state index in [0.717, 1.165) is 0 Å². The standard InChI is InChI=1S/C10H18.C2H6/c1-9(2)7-5-6-8-10(3)4;1-2/h5-10H,1-4H3;1-2H3. The summed E-state index contributed by atoms with van der Waals surface area (Å²) in [5, 5.41) is 0. The van der Waals surface area contributed by atoms with E-state index < -0.39 is 0 Å². The van der Waals surface area contributed by atoms with Crippen LogP contribution in [0.3, 0.4) is 0 Å². The molecule has 0 aromatic carbocycles. The molecule has 0 heteroatoms. The molecular formula is C12H24. The van der Waals surface area contributed by atoms with Gasteiger partial charge in [-0.15, -0.1) is 0 Å². The second kappa shape index (κ2) is 10.5. The van der Waals surface area contributed by atoms with Gasteiger partial charge in [-0.3, -0.25) is 0 Å². The lowest BCUT2D eigenvalue weighted by Crippen LogP contribution is -1.77. The predicted molar refractivity (Wildman–Crippen MR) is 59.3 cm³/mol. The van der Waals surface area contributed by atoms with E-state index in [-0.39, 0.29) is 0 Å². The van der Waals surface area contributed by atoms with Gasteiger partial charge in [-0.2, -0.15) is 0 Å². The molecule has 0 unspecified atom stereocenters. The maximum Gasteiger partial charge on any atom is -0.0287 e. The molecule has 0 saturated heterocycles. The molecule has 0 amide bonds. The Hall–Kier alpha value is -0.520. The van der Waals surface area contributed by atoms with Crippen molar-refractivity contribution in [1.82, 2.24) is 0 Å². The lowest BCUT2D eigenvalue weighted by Gasteiger charge is -1.91. The molecule has 72 valence electrons. The van der Waals surface area contributed by atoms with Crippen molar-refractivity contribution < 1.29 is 0 Å². The Balaban J connectivity index is 0. The average molecular weight is 168 g/mol. The van der Waals surface area contributed by atoms with Gasteiger partial charge in [0.05, 0.1) is 0 Å². The molecule has 0 bridgehead atoms. The third-order valence-corrected chi connectivity index (χ3v) is 1.10. The first-order valence-electron chi connectivity index (χ1n) is 4.98. The molecule has 0 radical (unpaired) electrons. The van der Waals surface area contributed by atoms with Crippen molar-refractivity contribution in [3.8, 4) is 0 Å². The van der Waals surface area contributed by atoms with E-state index in [9.17, 15) is 0 Å². The maximum absolute atomic E-state index is 2.19. The van der Waals surface area contributed by atoms with Gasteiger partial charge in [0, 0.05) is 0 Å². The lowest BCUT2D eigenvalue weighted by atomic mass is 10.2. The second-order valence-electron chi connectivity index (χ2n) is 3.26. The summed E-state index contributed by atoms with van der Waals surface area (Å²) in [5.74, 6) is 1.33. The summed E-state index contributed by atoms with van der Waals surface area (Å²) in [7, 11) is 0. The highest BCUT2D eigenvalue weighted by Crippen LogP contribution is 1.96. The molecule has 0 atom stereocenters. The highest BCUT2D eigenvalue weighted by Gasteiger charge is 1.81. The van der Waals surface area contributed by atoms with Crippen LogP contribution in [0.2, 0.25) is 0 Å². The van der Waals surface area contributed by atoms with Crippen molar-refractivity contribution in [2.45, 2.75) is 41.5 Å². The molecule has 0 fully saturated rings. The SMILES string of the molecule is CC.CC(C)C=CC=CC(C)C. The molecule has 0 spiro atoms. The number of rotatable bonds is 3. The van der Waals surface area contributed by atoms with Gasteiger partial charge in [0.1, 0.15) is 0 Å². The van der Waals surface area contributed by atoms with Crippen LogP contribution in [0.25, 0.3) is 0 Å². The van der Waals surface area contributed by atoms with Crippen LogP contribution in [0.4, 0.5) is 0 Å². The molecule has 12 heavy (non-hydrogen) atoms. The Bertz CT molecular complexity index is 100. The second-order valence-corrected chi connectivity index (χ2v) is 3.26. The molecule has 0 heterocycles. The van der Waals surface area contributed by atoms with Crippen LogP contribution in [-0.2, 0) is 0 Å². The highest BCUT2D eigenvalue weighted by atomic mass is 13.9. The van der Waals surface area contributed by atoms with E-state index >= 15 is 0 Å². The Labute approximate surface area is 78.4 Å². The number of allylic oxidation sites excluding steroid dienone is 4. The van der Waals surface area contributed by atoms with Crippen molar-refractivity contribution >= 4 is 0 Å². The van der Waals surface area contributed by atoms with Gasteiger partial charge < -0.3 is 0 Å². The van der Waals surface area contributed by atoms with Crippen LogP contribution in [0.15, 0.2) is 24.3 Å². The van der Waals surface area contributed by atoms with Gasteiger partial charge in [0.15, 0.2) is 0 Å². The third kappa shape index (κ3) is 16.2. The Morgan fingerprint density at radius 2 is 0.917 bits per heavy atom. The minimum absolute atomic E-state index is 0.664. The molecule has 0 nitrogen and oxygen atoms in total. The summed E-state index contributed by atoms with van der Waals surface area (Å²) in [4.78, 5) is 0. The van der Waals surface area contributed by atoms with E-state index in [2.05, 4.69) is 52.0 Å². The summed E-state index contributed by atoms with van der Waals surface area (Å²) < 4.78 is 0. The number of hydrogen-bond donors (Lipinski definition) is 0. The van der Waals surface area contributed by atoms with Gasteiger partial charge in [-0.25, -0.2) is 0 Å². The highest BCUT2D eigenvalue weighted by molar-refractivity contribution is 5.04. The van der Waals surface area contributed by atoms with Crippen LogP contribution < -0.4 is 0 Å². The Kier molecular flexibility index (Phi) is 12.3. The van der Waals surface area contributed by atoms with Gasteiger partial charge in [-0.1, -0.05) is 65.8 Å². The first kappa shape index (κ1) is 14.0. The summed E-state index contributed by atoms with van der Waals surface area (Å²) in [6, 6.07) is 0. The average Bonchev–Trinajstić information content (AvgIpc) is 2.02. The van der Waals surface area contributed by atoms with E-state index in [1.165, 1.54) is 0 Å². The van der Waals surface area contributed by atoms with Gasteiger partial charge in [0.25, 0.3) is 0 Å². The zero-order valence-electron chi connectivity index (χ0n) is 9.46. The molecule has 0 aliphatic carbocycles. The zero-order valence-corrected chi connectivity index (χ0v) is 9.46. The van der Waals surface area contributed by atoms with E-state index in [0.29, 0.717) is 11.8 Å². The minimum atomic E-state index is 0.664. The minimum Gasteiger partial charge on any atom is -0.0820 e. The summed E-state index contributed by atoms with van der Waals surface area (Å²) in [5.41, 5.74) is 0. The predicted octanol–water partition coefficient (Wildman–Crippen LogP) is 4.44. The van der Waals surface area contributed by atoms with Crippen molar-refractivity contribution in [1.29, 1.82) is 0 Å². The van der Waals surface area contributed by atoms with Crippen molar-refractivity contribution in [2.24, 2.45) is 11.8 Å². The monoisotopic (exact) mass is 168 g/mol. The molecule has 0 aromatic rings. The molecule has 0 aromatic heterocycles. The summed E-state index contributed by atoms with van der Waals surface area (Å²) >= 11 is 0. The lowest BCUT2D eigenvalue weighted by molar-refractivity contribution is 0.825. The van der Waals surface area contributed by atoms with Crippen LogP contribution in [-0.4, -0.2) is 0 Å². The smallest absolute Gasteiger partial charge is 0.0287 e. The summed E-state index contributed by atoms with van der Waals surface area (Å²) in [6.07, 6.45) is 8.62. The van der Waals surface area contributed by atoms with Crippen molar-refractivity contribution in [3.05, 3.63) is 24.3 Å². The van der Waals surface area contributed by atoms with Crippen molar-refractivity contribution in [2.75, 3.05) is 0 Å².